The monoisotopic (exact) mass is 2160 g/mol. The molecule has 0 radical (unpaired) electrons. The van der Waals surface area contributed by atoms with Gasteiger partial charge in [0.1, 0.15) is 11.2 Å². The Bertz CT molecular complexity index is 6830. The van der Waals surface area contributed by atoms with Gasteiger partial charge in [-0.05, 0) is 95.6 Å². The SMILES string of the molecule is O=S1(=O)c2ccccc2-c2cc(-c3cc(-c4[c-]c(Oc5ccccn5)ccc4)[n-]n3)ccc21.[Au+3].[Au+3].[Au+3].[C-]#Cc1ccccc1.[C-]#Cc1ccccc1.[C-]#Cc1ccccc1.[c-]1c(Oc2ccccn2)cccc1-c1cc(-c2ccc3oc4ccccc4c3c2)n[n-]1.[c-]1c(Oc2ccccn2)cccc1-c1cc(-c2ccc3sc4ccccc4c3c2)n[n-]1. The minimum atomic E-state index is -3.49. The van der Waals surface area contributed by atoms with Gasteiger partial charge in [-0.15, -0.1) is 119 Å². The van der Waals surface area contributed by atoms with Gasteiger partial charge in [0.25, 0.3) is 0 Å². The first kappa shape index (κ1) is 85.9. The Kier molecular flexibility index (Phi) is 28.9. The fraction of sp³-hybridized carbons (Fsp3) is 0. The van der Waals surface area contributed by atoms with Crippen molar-refractivity contribution in [3.05, 3.63) is 419 Å². The van der Waals surface area contributed by atoms with E-state index in [0.717, 1.165) is 94.8 Å². The summed E-state index contributed by atoms with van der Waals surface area (Å²) >= 11 is 1.81. The van der Waals surface area contributed by atoms with E-state index < -0.39 is 9.84 Å². The topological polar surface area (TPSA) is 195 Å². The maximum Gasteiger partial charge on any atom is 3.00 e. The number of hydrogen-bond donors (Lipinski definition) is 0. The molecule has 122 heavy (non-hydrogen) atoms. The molecule has 21 rings (SSSR count). The summed E-state index contributed by atoms with van der Waals surface area (Å²) in [4.78, 5) is 13.2. The van der Waals surface area contributed by atoms with E-state index in [2.05, 4.69) is 136 Å². The normalized spacial score (nSPS) is 10.9. The second kappa shape index (κ2) is 41.1. The van der Waals surface area contributed by atoms with Crippen molar-refractivity contribution >= 4 is 63.3 Å². The first-order valence-electron chi connectivity index (χ1n) is 37.2. The third-order valence-corrected chi connectivity index (χ3v) is 21.5. The van der Waals surface area contributed by atoms with E-state index in [4.69, 9.17) is 37.9 Å². The molecule has 1 aliphatic rings. The predicted octanol–water partition coefficient (Wildman–Crippen LogP) is 23.0. The van der Waals surface area contributed by atoms with Gasteiger partial charge in [-0.25, -0.2) is 40.5 Å². The van der Waals surface area contributed by atoms with Crippen molar-refractivity contribution in [3.8, 4) is 131 Å². The molecule has 0 saturated carbocycles. The number of ether oxygens (including phenoxy) is 3. The van der Waals surface area contributed by atoms with Gasteiger partial charge in [0.15, 0.2) is 0 Å². The van der Waals surface area contributed by atoms with E-state index in [0.29, 0.717) is 67.2 Å². The van der Waals surface area contributed by atoms with Crippen LogP contribution in [0.4, 0.5) is 0 Å². The molecule has 0 saturated heterocycles. The number of sulfone groups is 1. The molecule has 0 atom stereocenters. The third-order valence-electron chi connectivity index (χ3n) is 18.4. The molecule has 20 heteroatoms. The smallest absolute Gasteiger partial charge is 0.618 e. The standard InChI is InChI=1S/C26H15N3O3S.C26H15N3O2.C26H15N3OS.3C8H5.3Au/c30-33(31)24-9-2-1-8-20(24)21-15-18(11-12-25(21)33)23-16-22(28-29-23)17-6-5-7-19(14-17)32-26-10-3-4-13-27-26;2*1-2-9-24-20(8-1)21-15-18(11-12-25(21)31-24)23-16-22(28-29-23)17-6-5-7-19(14-17)30-26-10-3-4-13-27-26;3*1-2-8-6-4-3-5-7-8;;;/h1-13,15-16H;2*1-13,15-16H;3*3-7H;;;/q3*-2;3*-1;3*+3. The number of pyridine rings is 3. The Morgan fingerprint density at radius 2 is 0.705 bits per heavy atom. The number of nitrogens with zero attached hydrogens (tertiary/aromatic N) is 9. The van der Waals surface area contributed by atoms with Gasteiger partial charge in [0.05, 0.1) is 9.79 Å². The summed E-state index contributed by atoms with van der Waals surface area (Å²) in [6.45, 7) is 0. The Hall–Kier alpha value is -14.0. The van der Waals surface area contributed by atoms with E-state index >= 15 is 0 Å². The minimum absolute atomic E-state index is 0. The van der Waals surface area contributed by atoms with E-state index in [-0.39, 0.29) is 67.1 Å². The van der Waals surface area contributed by atoms with E-state index in [1.54, 1.807) is 61.1 Å². The fourth-order valence-electron chi connectivity index (χ4n) is 12.7. The number of hydrogen-bond acceptors (Lipinski definition) is 13. The number of aromatic nitrogens is 9. The van der Waals surface area contributed by atoms with Gasteiger partial charge in [-0.2, -0.15) is 16.7 Å². The van der Waals surface area contributed by atoms with Gasteiger partial charge in [0.2, 0.25) is 27.5 Å². The van der Waals surface area contributed by atoms with Crippen LogP contribution in [0.2, 0.25) is 0 Å². The van der Waals surface area contributed by atoms with Gasteiger partial charge >= 0.3 is 67.1 Å². The quantitative estimate of drug-likeness (QED) is 0.0636. The van der Waals surface area contributed by atoms with Crippen molar-refractivity contribution < 1.29 is 94.2 Å². The molecule has 12 aromatic carbocycles. The molecule has 9 heterocycles. The van der Waals surface area contributed by atoms with Crippen LogP contribution in [0, 0.1) is 55.2 Å². The van der Waals surface area contributed by atoms with Crippen molar-refractivity contribution in [1.82, 2.24) is 45.5 Å². The molecule has 0 spiro atoms. The van der Waals surface area contributed by atoms with Gasteiger partial charge in [-0.1, -0.05) is 176 Å². The first-order valence-corrected chi connectivity index (χ1v) is 39.5. The number of para-hydroxylation sites is 1. The van der Waals surface area contributed by atoms with Crippen molar-refractivity contribution in [2.45, 2.75) is 9.79 Å². The van der Waals surface area contributed by atoms with Crippen molar-refractivity contribution in [3.63, 3.8) is 0 Å². The van der Waals surface area contributed by atoms with E-state index in [1.807, 2.05) is 260 Å². The van der Waals surface area contributed by atoms with Crippen LogP contribution in [-0.4, -0.2) is 38.7 Å². The van der Waals surface area contributed by atoms with E-state index in [9.17, 15) is 8.42 Å². The molecule has 15 nitrogen and oxygen atoms in total. The molecule has 1 aliphatic heterocycles. The summed E-state index contributed by atoms with van der Waals surface area (Å²) in [5.74, 6) is 10.0. The number of rotatable bonds is 12. The van der Waals surface area contributed by atoms with Crippen LogP contribution in [-0.2, 0) is 77.0 Å². The molecular weight excluding hydrogens is 2100 g/mol. The summed E-state index contributed by atoms with van der Waals surface area (Å²) < 4.78 is 51.5. The third kappa shape index (κ3) is 20.8. The molecular formula is C102H60Au3N9O6S2. The number of thiophene rings is 1. The number of benzene rings is 12. The zero-order valence-corrected chi connectivity index (χ0v) is 72.0. The molecule has 0 aliphatic carbocycles. The van der Waals surface area contributed by atoms with Crippen molar-refractivity contribution in [2.75, 3.05) is 0 Å². The number of furan rings is 1. The second-order valence-corrected chi connectivity index (χ2v) is 29.2. The number of fused-ring (bicyclic) bond motifs is 9. The van der Waals surface area contributed by atoms with E-state index in [1.165, 1.54) is 20.2 Å². The van der Waals surface area contributed by atoms with Crippen LogP contribution < -0.4 is 29.5 Å². The Labute approximate surface area is 755 Å². The van der Waals surface area contributed by atoms with Crippen LogP contribution in [0.15, 0.2) is 379 Å². The van der Waals surface area contributed by atoms with Crippen molar-refractivity contribution in [1.29, 1.82) is 0 Å². The van der Waals surface area contributed by atoms with Gasteiger partial charge < -0.3 is 68.5 Å². The fourth-order valence-corrected chi connectivity index (χ4v) is 15.5. The van der Waals surface area contributed by atoms with Gasteiger partial charge in [-0.3, -0.25) is 17.8 Å². The molecule has 8 aromatic heterocycles. The average Bonchev–Trinajstić information content (AvgIpc) is 1.58. The van der Waals surface area contributed by atoms with Crippen molar-refractivity contribution in [2.24, 2.45) is 0 Å². The summed E-state index contributed by atoms with van der Waals surface area (Å²) in [7, 11) is -3.49. The van der Waals surface area contributed by atoms with Crippen LogP contribution in [0.5, 0.6) is 34.9 Å². The first-order chi connectivity index (χ1) is 58.6. The average molecular weight is 2160 g/mol. The molecule has 0 amide bonds. The zero-order chi connectivity index (χ0) is 81.1. The molecule has 0 bridgehead atoms. The zero-order valence-electron chi connectivity index (χ0n) is 63.8. The Morgan fingerprint density at radius 3 is 1.16 bits per heavy atom. The predicted molar refractivity (Wildman–Crippen MR) is 464 cm³/mol. The Morgan fingerprint density at radius 1 is 0.328 bits per heavy atom. The maximum absolute atomic E-state index is 12.8. The summed E-state index contributed by atoms with van der Waals surface area (Å²) in [6, 6.07) is 118. The largest absolute Gasteiger partial charge is 3.00 e. The van der Waals surface area contributed by atoms with Crippen LogP contribution in [0.25, 0.3) is 121 Å². The summed E-state index contributed by atoms with van der Waals surface area (Å²) in [6.07, 6.45) is 25.1. The molecule has 0 unspecified atom stereocenters. The second-order valence-electron chi connectivity index (χ2n) is 26.2. The van der Waals surface area contributed by atoms with Crippen LogP contribution in [0.1, 0.15) is 16.7 Å². The molecule has 20 aromatic rings. The summed E-state index contributed by atoms with van der Waals surface area (Å²) in [5, 5.41) is 30.9. The summed E-state index contributed by atoms with van der Waals surface area (Å²) in [5.41, 5.74) is 15.2. The molecule has 0 N–H and O–H groups in total. The van der Waals surface area contributed by atoms with Crippen LogP contribution >= 0.6 is 11.3 Å². The van der Waals surface area contributed by atoms with Gasteiger partial charge in [0, 0.05) is 113 Å². The van der Waals surface area contributed by atoms with Crippen LogP contribution in [0.3, 0.4) is 0 Å². The minimum Gasteiger partial charge on any atom is -0.618 e. The maximum atomic E-state index is 12.8. The molecule has 594 valence electrons. The molecule has 0 fully saturated rings. The Balaban J connectivity index is 0.000000137.